The summed E-state index contributed by atoms with van der Waals surface area (Å²) in [5.74, 6) is -0.951. The molecule has 2 aromatic rings. The molecule has 1 aromatic heterocycles. The molecule has 0 saturated carbocycles. The van der Waals surface area contributed by atoms with Crippen molar-refractivity contribution in [1.29, 1.82) is 0 Å². The van der Waals surface area contributed by atoms with Crippen molar-refractivity contribution in [3.05, 3.63) is 57.3 Å². The minimum atomic E-state index is -0.362. The Morgan fingerprint density at radius 2 is 2.00 bits per heavy atom. The Morgan fingerprint density at radius 3 is 2.62 bits per heavy atom. The summed E-state index contributed by atoms with van der Waals surface area (Å²) in [6.07, 6.45) is 2.42. The van der Waals surface area contributed by atoms with E-state index in [1.54, 1.807) is 24.4 Å². The first-order chi connectivity index (χ1) is 13.8. The number of nitrogens with two attached hydrogens (primary N) is 1. The number of rotatable bonds is 3. The molecule has 0 aliphatic carbocycles. The van der Waals surface area contributed by atoms with Crippen LogP contribution >= 0.6 is 15.9 Å². The lowest BCUT2D eigenvalue weighted by atomic mass is 9.99. The quantitative estimate of drug-likeness (QED) is 0.277. The molecule has 0 saturated heterocycles. The Balaban J connectivity index is 0.000000268. The average Bonchev–Trinajstić information content (AvgIpc) is 2.67. The number of hydrogen-bond donors (Lipinski definition) is 3. The van der Waals surface area contributed by atoms with Crippen molar-refractivity contribution < 1.29 is 19.2 Å². The first-order valence-electron chi connectivity index (χ1n) is 8.86. The van der Waals surface area contributed by atoms with Crippen molar-refractivity contribution in [3.8, 4) is 0 Å². The molecule has 1 aromatic carbocycles. The zero-order chi connectivity index (χ0) is 22.0. The van der Waals surface area contributed by atoms with Gasteiger partial charge in [0.2, 0.25) is 18.2 Å². The Kier molecular flexibility index (Phi) is 9.67. The van der Waals surface area contributed by atoms with Crippen molar-refractivity contribution in [2.45, 2.75) is 33.6 Å². The summed E-state index contributed by atoms with van der Waals surface area (Å²) < 4.78 is 0.731. The topological polar surface area (TPSA) is 131 Å². The van der Waals surface area contributed by atoms with E-state index in [0.717, 1.165) is 21.3 Å². The fraction of sp³-hybridized carbons (Fsp3) is 0.250. The van der Waals surface area contributed by atoms with Gasteiger partial charge < -0.3 is 5.73 Å². The molecule has 0 fully saturated rings. The number of halogens is 1. The highest BCUT2D eigenvalue weighted by Crippen LogP contribution is 2.17. The molecule has 8 nitrogen and oxygen atoms in total. The molecule has 3 rings (SSSR count). The fourth-order valence-electron chi connectivity index (χ4n) is 2.40. The minimum absolute atomic E-state index is 0.171. The van der Waals surface area contributed by atoms with Crippen molar-refractivity contribution in [2.75, 3.05) is 5.73 Å². The van der Waals surface area contributed by atoms with E-state index >= 15 is 0 Å². The lowest BCUT2D eigenvalue weighted by Crippen LogP contribution is -2.37. The van der Waals surface area contributed by atoms with E-state index in [2.05, 4.69) is 31.5 Å². The standard InChI is InChI=1S/C9H9BrN2O2.C9H8N2O2.C2H6/c1-6-2-8(10)11-4-7(6)3-9(14)12-5-13;10-6-2-1-5-3-8(12)11-9(13)7(5)4-6;1-2/h2,4-5H,3H2,1H3,(H,12,13,14);1-2,4H,3,10H2,(H,11,12,13);1-2H3. The van der Waals surface area contributed by atoms with Gasteiger partial charge >= 0.3 is 0 Å². The Hall–Kier alpha value is -3.07. The SMILES string of the molecule is CC.Cc1cc(Br)ncc1CC(=O)NC=O.Nc1ccc2c(c1)C(=O)NC(=O)C2. The number of benzene rings is 1. The minimum Gasteiger partial charge on any atom is -0.399 e. The van der Waals surface area contributed by atoms with Crippen molar-refractivity contribution in [1.82, 2.24) is 15.6 Å². The van der Waals surface area contributed by atoms with E-state index in [1.165, 1.54) is 0 Å². The van der Waals surface area contributed by atoms with Crippen LogP contribution in [0, 0.1) is 6.92 Å². The molecule has 0 bridgehead atoms. The Bertz CT molecular complexity index is 915. The van der Waals surface area contributed by atoms with Crippen LogP contribution in [0.5, 0.6) is 0 Å². The van der Waals surface area contributed by atoms with Gasteiger partial charge in [0.25, 0.3) is 5.91 Å². The van der Waals surface area contributed by atoms with E-state index < -0.39 is 0 Å². The Labute approximate surface area is 177 Å². The van der Waals surface area contributed by atoms with Crippen LogP contribution in [0.2, 0.25) is 0 Å². The van der Waals surface area contributed by atoms with Crippen LogP contribution in [0.25, 0.3) is 0 Å². The molecule has 1 aliphatic rings. The van der Waals surface area contributed by atoms with Crippen LogP contribution in [0.3, 0.4) is 0 Å². The number of nitrogen functional groups attached to an aromatic ring is 1. The lowest BCUT2D eigenvalue weighted by Gasteiger charge is -2.14. The van der Waals surface area contributed by atoms with E-state index in [0.29, 0.717) is 17.7 Å². The maximum atomic E-state index is 11.3. The highest BCUT2D eigenvalue weighted by molar-refractivity contribution is 9.10. The molecule has 4 N–H and O–H groups in total. The van der Waals surface area contributed by atoms with Crippen molar-refractivity contribution in [3.63, 3.8) is 0 Å². The van der Waals surface area contributed by atoms with E-state index in [-0.39, 0.29) is 30.6 Å². The first-order valence-corrected chi connectivity index (χ1v) is 9.66. The normalized spacial score (nSPS) is 11.6. The second kappa shape index (κ2) is 11.7. The van der Waals surface area contributed by atoms with Gasteiger partial charge in [-0.25, -0.2) is 4.98 Å². The summed E-state index contributed by atoms with van der Waals surface area (Å²) in [6, 6.07) is 6.80. The highest BCUT2D eigenvalue weighted by atomic mass is 79.9. The van der Waals surface area contributed by atoms with Crippen molar-refractivity contribution >= 4 is 45.7 Å². The number of amides is 4. The number of pyridine rings is 1. The summed E-state index contributed by atoms with van der Waals surface area (Å²) >= 11 is 3.23. The molecular weight excluding hydrogens is 440 g/mol. The smallest absolute Gasteiger partial charge is 0.258 e. The molecule has 0 radical (unpaired) electrons. The number of carbonyl (C=O) groups excluding carboxylic acids is 4. The molecule has 29 heavy (non-hydrogen) atoms. The third-order valence-corrected chi connectivity index (χ3v) is 4.17. The number of carbonyl (C=O) groups is 4. The zero-order valence-electron chi connectivity index (χ0n) is 16.4. The van der Waals surface area contributed by atoms with Crippen LogP contribution in [0.4, 0.5) is 5.69 Å². The van der Waals surface area contributed by atoms with Crippen LogP contribution in [-0.4, -0.2) is 29.1 Å². The molecule has 2 heterocycles. The van der Waals surface area contributed by atoms with Crippen LogP contribution in [0.15, 0.2) is 35.1 Å². The number of fused-ring (bicyclic) bond motifs is 1. The van der Waals surface area contributed by atoms with Gasteiger partial charge in [0.15, 0.2) is 0 Å². The van der Waals surface area contributed by atoms with Gasteiger partial charge in [-0.15, -0.1) is 0 Å². The van der Waals surface area contributed by atoms with Gasteiger partial charge in [-0.2, -0.15) is 0 Å². The van der Waals surface area contributed by atoms with Gasteiger partial charge in [-0.3, -0.25) is 29.8 Å². The second-order valence-corrected chi connectivity index (χ2v) is 6.58. The molecular formula is C20H23BrN4O4. The maximum Gasteiger partial charge on any atom is 0.258 e. The fourth-order valence-corrected chi connectivity index (χ4v) is 2.84. The molecule has 0 atom stereocenters. The molecule has 9 heteroatoms. The van der Waals surface area contributed by atoms with Gasteiger partial charge in [0.05, 0.1) is 12.8 Å². The molecule has 0 unspecified atom stereocenters. The number of nitrogens with one attached hydrogen (secondary N) is 2. The zero-order valence-corrected chi connectivity index (χ0v) is 18.0. The number of aromatic nitrogens is 1. The van der Waals surface area contributed by atoms with Crippen LogP contribution < -0.4 is 16.4 Å². The van der Waals surface area contributed by atoms with Gasteiger partial charge in [-0.05, 0) is 57.7 Å². The predicted octanol–water partition coefficient (Wildman–Crippen LogP) is 2.08. The van der Waals surface area contributed by atoms with Crippen molar-refractivity contribution in [2.24, 2.45) is 0 Å². The number of nitrogens with zero attached hydrogens (tertiary/aromatic N) is 1. The number of anilines is 1. The average molecular weight is 463 g/mol. The largest absolute Gasteiger partial charge is 0.399 e. The summed E-state index contributed by atoms with van der Waals surface area (Å²) in [7, 11) is 0. The number of imide groups is 2. The first kappa shape index (κ1) is 24.0. The third kappa shape index (κ3) is 7.46. The monoisotopic (exact) mass is 462 g/mol. The summed E-state index contributed by atoms with van der Waals surface area (Å²) in [6.45, 7) is 5.88. The van der Waals surface area contributed by atoms with Gasteiger partial charge in [-0.1, -0.05) is 19.9 Å². The second-order valence-electron chi connectivity index (χ2n) is 5.77. The molecule has 154 valence electrons. The third-order valence-electron chi connectivity index (χ3n) is 3.74. The highest BCUT2D eigenvalue weighted by Gasteiger charge is 2.21. The van der Waals surface area contributed by atoms with E-state index in [4.69, 9.17) is 5.73 Å². The number of hydrogen-bond acceptors (Lipinski definition) is 6. The van der Waals surface area contributed by atoms with Crippen LogP contribution in [-0.2, 0) is 27.2 Å². The van der Waals surface area contributed by atoms with Gasteiger partial charge in [0, 0.05) is 17.4 Å². The summed E-state index contributed by atoms with van der Waals surface area (Å²) in [4.78, 5) is 47.3. The molecule has 4 amide bonds. The molecule has 1 aliphatic heterocycles. The summed E-state index contributed by atoms with van der Waals surface area (Å²) in [5, 5.41) is 4.31. The van der Waals surface area contributed by atoms with E-state index in [1.807, 2.05) is 26.8 Å². The van der Waals surface area contributed by atoms with Crippen LogP contribution in [0.1, 0.15) is 40.9 Å². The predicted molar refractivity (Wildman–Crippen MR) is 113 cm³/mol. The number of aryl methyl sites for hydroxylation is 1. The van der Waals surface area contributed by atoms with E-state index in [9.17, 15) is 19.2 Å². The lowest BCUT2D eigenvalue weighted by molar-refractivity contribution is -0.125. The Morgan fingerprint density at radius 1 is 1.31 bits per heavy atom. The van der Waals surface area contributed by atoms with Gasteiger partial charge in [0.1, 0.15) is 4.60 Å². The maximum absolute atomic E-state index is 11.3. The molecule has 0 spiro atoms. The summed E-state index contributed by atoms with van der Waals surface area (Å²) in [5.41, 5.74) is 9.06.